The molecule has 7 aromatic rings. The van der Waals surface area contributed by atoms with Crippen LogP contribution in [0.2, 0.25) is 5.02 Å². The highest BCUT2D eigenvalue weighted by Crippen LogP contribution is 2.58. The second kappa shape index (κ2) is 10.8. The first-order valence-electron chi connectivity index (χ1n) is 15.1. The van der Waals surface area contributed by atoms with Gasteiger partial charge in [-0.25, -0.2) is 0 Å². The highest BCUT2D eigenvalue weighted by molar-refractivity contribution is 6.34. The molecule has 0 aliphatic heterocycles. The summed E-state index contributed by atoms with van der Waals surface area (Å²) in [5, 5.41) is 0.744. The number of hydrogen-bond acceptors (Lipinski definition) is 0. The molecule has 0 saturated carbocycles. The molecular formula is C43H29Cl. The third-order valence-electron chi connectivity index (χ3n) is 9.06. The van der Waals surface area contributed by atoms with Crippen LogP contribution >= 0.6 is 11.6 Å². The third-order valence-corrected chi connectivity index (χ3v) is 9.38. The van der Waals surface area contributed by atoms with E-state index in [0.717, 1.165) is 21.7 Å². The third kappa shape index (κ3) is 4.07. The van der Waals surface area contributed by atoms with Crippen LogP contribution in [0.1, 0.15) is 22.3 Å². The predicted molar refractivity (Wildman–Crippen MR) is 185 cm³/mol. The van der Waals surface area contributed by atoms with Gasteiger partial charge in [0.15, 0.2) is 0 Å². The van der Waals surface area contributed by atoms with Crippen LogP contribution in [-0.2, 0) is 5.41 Å². The Morgan fingerprint density at radius 1 is 0.341 bits per heavy atom. The molecule has 0 fully saturated rings. The van der Waals surface area contributed by atoms with E-state index in [-0.39, 0.29) is 0 Å². The molecule has 44 heavy (non-hydrogen) atoms. The van der Waals surface area contributed by atoms with Gasteiger partial charge in [0.05, 0.1) is 5.41 Å². The zero-order valence-electron chi connectivity index (χ0n) is 24.1. The van der Waals surface area contributed by atoms with E-state index in [2.05, 4.69) is 176 Å². The fourth-order valence-corrected chi connectivity index (χ4v) is 7.51. The van der Waals surface area contributed by atoms with E-state index in [9.17, 15) is 0 Å². The molecule has 8 rings (SSSR count). The van der Waals surface area contributed by atoms with Gasteiger partial charge >= 0.3 is 0 Å². The average molecular weight is 581 g/mol. The Kier molecular flexibility index (Phi) is 6.51. The summed E-state index contributed by atoms with van der Waals surface area (Å²) in [5.41, 5.74) is 14.0. The number of benzene rings is 7. The Bertz CT molecular complexity index is 2070. The summed E-state index contributed by atoms with van der Waals surface area (Å²) in [6, 6.07) is 63.0. The Balaban J connectivity index is 1.35. The quantitative estimate of drug-likeness (QED) is 0.190. The number of hydrogen-bond donors (Lipinski definition) is 0. The molecule has 1 aliphatic carbocycles. The topological polar surface area (TPSA) is 0 Å². The molecule has 1 aliphatic rings. The van der Waals surface area contributed by atoms with Crippen molar-refractivity contribution in [2.24, 2.45) is 0 Å². The van der Waals surface area contributed by atoms with Crippen LogP contribution in [0.3, 0.4) is 0 Å². The molecule has 208 valence electrons. The molecular weight excluding hydrogens is 552 g/mol. The lowest BCUT2D eigenvalue weighted by Crippen LogP contribution is -2.28. The van der Waals surface area contributed by atoms with Crippen LogP contribution in [-0.4, -0.2) is 0 Å². The monoisotopic (exact) mass is 580 g/mol. The molecule has 1 heteroatoms. The van der Waals surface area contributed by atoms with Gasteiger partial charge in [-0.1, -0.05) is 181 Å². The lowest BCUT2D eigenvalue weighted by molar-refractivity contribution is 0.768. The Hall–Kier alpha value is -5.17. The van der Waals surface area contributed by atoms with Crippen LogP contribution in [0.4, 0.5) is 0 Å². The van der Waals surface area contributed by atoms with Crippen molar-refractivity contribution in [3.8, 4) is 44.5 Å². The summed E-state index contributed by atoms with van der Waals surface area (Å²) in [7, 11) is 0. The molecule has 0 bridgehead atoms. The fourth-order valence-electron chi connectivity index (χ4n) is 7.22. The van der Waals surface area contributed by atoms with Gasteiger partial charge in [0.25, 0.3) is 0 Å². The van der Waals surface area contributed by atoms with E-state index in [0.29, 0.717) is 0 Å². The van der Waals surface area contributed by atoms with Crippen LogP contribution in [0.5, 0.6) is 0 Å². The predicted octanol–water partition coefficient (Wildman–Crippen LogP) is 11.7. The molecule has 0 atom stereocenters. The summed E-state index contributed by atoms with van der Waals surface area (Å²) in [6.45, 7) is 0. The van der Waals surface area contributed by atoms with Crippen molar-refractivity contribution in [3.63, 3.8) is 0 Å². The molecule has 0 N–H and O–H groups in total. The van der Waals surface area contributed by atoms with Crippen molar-refractivity contribution >= 4 is 11.6 Å². The van der Waals surface area contributed by atoms with Gasteiger partial charge in [0.1, 0.15) is 0 Å². The van der Waals surface area contributed by atoms with E-state index < -0.39 is 5.41 Å². The van der Waals surface area contributed by atoms with Gasteiger partial charge < -0.3 is 0 Å². The Labute approximate surface area is 263 Å². The molecule has 7 aromatic carbocycles. The van der Waals surface area contributed by atoms with Crippen molar-refractivity contribution < 1.29 is 0 Å². The van der Waals surface area contributed by atoms with E-state index in [4.69, 9.17) is 11.6 Å². The smallest absolute Gasteiger partial charge is 0.0713 e. The van der Waals surface area contributed by atoms with Crippen molar-refractivity contribution in [1.29, 1.82) is 0 Å². The molecule has 0 amide bonds. The minimum absolute atomic E-state index is 0.439. The van der Waals surface area contributed by atoms with Crippen LogP contribution in [0, 0.1) is 0 Å². The summed E-state index contributed by atoms with van der Waals surface area (Å²) in [4.78, 5) is 0. The Morgan fingerprint density at radius 2 is 0.841 bits per heavy atom. The molecule has 0 heterocycles. The van der Waals surface area contributed by atoms with E-state index in [1.54, 1.807) is 0 Å². The van der Waals surface area contributed by atoms with Crippen LogP contribution in [0.15, 0.2) is 176 Å². The van der Waals surface area contributed by atoms with Crippen LogP contribution < -0.4 is 0 Å². The molecule has 0 spiro atoms. The largest absolute Gasteiger partial charge is 0.0836 e. The molecule has 0 saturated heterocycles. The minimum atomic E-state index is -0.439. The van der Waals surface area contributed by atoms with Crippen molar-refractivity contribution in [3.05, 3.63) is 203 Å². The van der Waals surface area contributed by atoms with Gasteiger partial charge in [-0.15, -0.1) is 0 Å². The minimum Gasteiger partial charge on any atom is -0.0836 e. The molecule has 0 unspecified atom stereocenters. The standard InChI is InChI=1S/C43H29Cl/c44-41-29-31(35-22-11-10-21-34(35)30-15-4-1-5-16-30)27-28-36(41)37-24-14-26-40-42(37)38-23-12-13-25-39(38)43(40,32-17-6-2-7-18-32)33-19-8-3-9-20-33/h1-29H. The van der Waals surface area contributed by atoms with Gasteiger partial charge in [-0.3, -0.25) is 0 Å². The zero-order chi connectivity index (χ0) is 29.5. The van der Waals surface area contributed by atoms with Crippen molar-refractivity contribution in [2.45, 2.75) is 5.41 Å². The second-order valence-corrected chi connectivity index (χ2v) is 11.8. The number of halogens is 1. The lowest BCUT2D eigenvalue weighted by Gasteiger charge is -2.34. The Morgan fingerprint density at radius 3 is 1.48 bits per heavy atom. The fraction of sp³-hybridized carbons (Fsp3) is 0.0233. The maximum Gasteiger partial charge on any atom is 0.0713 e. The van der Waals surface area contributed by atoms with E-state index >= 15 is 0 Å². The molecule has 0 aromatic heterocycles. The van der Waals surface area contributed by atoms with E-state index in [1.807, 2.05) is 0 Å². The number of fused-ring (bicyclic) bond motifs is 3. The first-order valence-corrected chi connectivity index (χ1v) is 15.4. The average Bonchev–Trinajstić information content (AvgIpc) is 3.41. The molecule has 0 radical (unpaired) electrons. The van der Waals surface area contributed by atoms with Crippen molar-refractivity contribution in [2.75, 3.05) is 0 Å². The maximum absolute atomic E-state index is 7.25. The normalized spacial score (nSPS) is 12.8. The molecule has 0 nitrogen and oxygen atoms in total. The summed E-state index contributed by atoms with van der Waals surface area (Å²) in [5.74, 6) is 0. The lowest BCUT2D eigenvalue weighted by atomic mass is 9.67. The first kappa shape index (κ1) is 26.5. The summed E-state index contributed by atoms with van der Waals surface area (Å²) < 4.78 is 0. The zero-order valence-corrected chi connectivity index (χ0v) is 24.9. The van der Waals surface area contributed by atoms with Crippen molar-refractivity contribution in [1.82, 2.24) is 0 Å². The van der Waals surface area contributed by atoms with Gasteiger partial charge in [0.2, 0.25) is 0 Å². The maximum atomic E-state index is 7.25. The van der Waals surface area contributed by atoms with Crippen LogP contribution in [0.25, 0.3) is 44.5 Å². The van der Waals surface area contributed by atoms with Gasteiger partial charge in [0, 0.05) is 10.6 Å². The highest BCUT2D eigenvalue weighted by Gasteiger charge is 2.46. The highest BCUT2D eigenvalue weighted by atomic mass is 35.5. The SMILES string of the molecule is Clc1cc(-c2ccccc2-c2ccccc2)ccc1-c1cccc2c1-c1ccccc1C2(c1ccccc1)c1ccccc1. The second-order valence-electron chi connectivity index (χ2n) is 11.4. The number of rotatable bonds is 5. The van der Waals surface area contributed by atoms with Gasteiger partial charge in [-0.2, -0.15) is 0 Å². The summed E-state index contributed by atoms with van der Waals surface area (Å²) in [6.07, 6.45) is 0. The van der Waals surface area contributed by atoms with Gasteiger partial charge in [-0.05, 0) is 67.3 Å². The summed E-state index contributed by atoms with van der Waals surface area (Å²) >= 11 is 7.25. The first-order chi connectivity index (χ1) is 21.8. The van der Waals surface area contributed by atoms with E-state index in [1.165, 1.54) is 50.1 Å².